The fraction of sp³-hybridized carbons (Fsp3) is 0.227. The number of hydrogen-bond acceptors (Lipinski definition) is 5. The highest BCUT2D eigenvalue weighted by Gasteiger charge is 2.10. The van der Waals surface area contributed by atoms with Gasteiger partial charge in [0.2, 0.25) is 0 Å². The first kappa shape index (κ1) is 19.4. The Bertz CT molecular complexity index is 955. The second-order valence-electron chi connectivity index (χ2n) is 6.60. The summed E-state index contributed by atoms with van der Waals surface area (Å²) in [6.45, 7) is 4.65. The molecule has 0 unspecified atom stereocenters. The van der Waals surface area contributed by atoms with E-state index in [2.05, 4.69) is 26.9 Å². The maximum Gasteiger partial charge on any atom is 0.276 e. The van der Waals surface area contributed by atoms with Crippen LogP contribution in [0.5, 0.6) is 5.75 Å². The van der Waals surface area contributed by atoms with Crippen molar-refractivity contribution in [3.8, 4) is 5.75 Å². The van der Waals surface area contributed by atoms with Crippen molar-refractivity contribution >= 4 is 17.4 Å². The number of nitrogens with one attached hydrogen (secondary N) is 2. The summed E-state index contributed by atoms with van der Waals surface area (Å²) in [6.07, 6.45) is 0.827. The topological polar surface area (TPSA) is 76.1 Å². The van der Waals surface area contributed by atoms with Gasteiger partial charge < -0.3 is 15.4 Å². The maximum atomic E-state index is 12.4. The van der Waals surface area contributed by atoms with Crippen molar-refractivity contribution in [1.29, 1.82) is 0 Å². The molecular weight excluding hydrogens is 352 g/mol. The van der Waals surface area contributed by atoms with Crippen LogP contribution in [0.3, 0.4) is 0 Å². The monoisotopic (exact) mass is 376 g/mol. The molecule has 3 rings (SSSR count). The van der Waals surface area contributed by atoms with Gasteiger partial charge in [0.25, 0.3) is 5.91 Å². The van der Waals surface area contributed by atoms with E-state index in [1.807, 2.05) is 50.2 Å². The number of benzene rings is 2. The molecule has 144 valence electrons. The van der Waals surface area contributed by atoms with E-state index >= 15 is 0 Å². The number of carbonyl (C=O) groups excluding carboxylic acids is 1. The SMILES string of the molecule is COc1cccc(CCNc2ccc(C(=O)Nc3cc(C)ccc3C)nn2)c1. The van der Waals surface area contributed by atoms with Crippen LogP contribution in [0.15, 0.2) is 54.6 Å². The van der Waals surface area contributed by atoms with E-state index in [-0.39, 0.29) is 11.6 Å². The molecule has 0 aliphatic heterocycles. The zero-order valence-electron chi connectivity index (χ0n) is 16.3. The van der Waals surface area contributed by atoms with E-state index in [1.54, 1.807) is 19.2 Å². The third-order valence-electron chi connectivity index (χ3n) is 4.39. The molecule has 28 heavy (non-hydrogen) atoms. The standard InChI is InChI=1S/C22H24N4O2/c1-15-7-8-16(2)20(13-15)24-22(27)19-9-10-21(26-25-19)23-12-11-17-5-4-6-18(14-17)28-3/h4-10,13-14H,11-12H2,1-3H3,(H,23,26)(H,24,27). The highest BCUT2D eigenvalue weighted by Crippen LogP contribution is 2.17. The van der Waals surface area contributed by atoms with Gasteiger partial charge in [-0.15, -0.1) is 10.2 Å². The number of nitrogens with zero attached hydrogens (tertiary/aromatic N) is 2. The molecule has 1 heterocycles. The molecule has 2 aromatic carbocycles. The summed E-state index contributed by atoms with van der Waals surface area (Å²) in [5, 5.41) is 14.2. The maximum absolute atomic E-state index is 12.4. The molecule has 2 N–H and O–H groups in total. The number of ether oxygens (including phenoxy) is 1. The molecule has 6 nitrogen and oxygen atoms in total. The quantitative estimate of drug-likeness (QED) is 0.652. The van der Waals surface area contributed by atoms with Crippen LogP contribution in [0.25, 0.3) is 0 Å². The molecule has 0 saturated heterocycles. The molecular formula is C22H24N4O2. The molecule has 1 amide bonds. The first-order valence-electron chi connectivity index (χ1n) is 9.14. The number of anilines is 2. The second kappa shape index (κ2) is 8.99. The van der Waals surface area contributed by atoms with Crippen molar-refractivity contribution in [2.45, 2.75) is 20.3 Å². The summed E-state index contributed by atoms with van der Waals surface area (Å²) in [6, 6.07) is 17.3. The van der Waals surface area contributed by atoms with E-state index in [1.165, 1.54) is 5.56 Å². The summed E-state index contributed by atoms with van der Waals surface area (Å²) < 4.78 is 5.23. The lowest BCUT2D eigenvalue weighted by Crippen LogP contribution is -2.16. The first-order valence-corrected chi connectivity index (χ1v) is 9.14. The second-order valence-corrected chi connectivity index (χ2v) is 6.60. The van der Waals surface area contributed by atoms with Gasteiger partial charge in [-0.05, 0) is 67.3 Å². The Kier molecular flexibility index (Phi) is 6.22. The third-order valence-corrected chi connectivity index (χ3v) is 4.39. The molecule has 3 aromatic rings. The molecule has 0 aliphatic rings. The molecule has 0 aliphatic carbocycles. The first-order chi connectivity index (χ1) is 13.5. The molecule has 0 radical (unpaired) electrons. The van der Waals surface area contributed by atoms with E-state index in [4.69, 9.17) is 4.74 Å². The van der Waals surface area contributed by atoms with E-state index in [9.17, 15) is 4.79 Å². The predicted molar refractivity (Wildman–Crippen MR) is 111 cm³/mol. The largest absolute Gasteiger partial charge is 0.497 e. The van der Waals surface area contributed by atoms with E-state index in [0.717, 1.165) is 29.0 Å². The number of carbonyl (C=O) groups is 1. The summed E-state index contributed by atoms with van der Waals surface area (Å²) in [4.78, 5) is 12.4. The van der Waals surface area contributed by atoms with Crippen LogP contribution >= 0.6 is 0 Å². The molecule has 0 spiro atoms. The lowest BCUT2D eigenvalue weighted by molar-refractivity contribution is 0.102. The molecule has 6 heteroatoms. The Balaban J connectivity index is 1.55. The van der Waals surface area contributed by atoms with Gasteiger partial charge in [0.15, 0.2) is 5.69 Å². The van der Waals surface area contributed by atoms with Gasteiger partial charge in [0.05, 0.1) is 7.11 Å². The lowest BCUT2D eigenvalue weighted by atomic mass is 10.1. The average molecular weight is 376 g/mol. The molecule has 0 atom stereocenters. The van der Waals surface area contributed by atoms with Crippen LogP contribution in [0, 0.1) is 13.8 Å². The zero-order chi connectivity index (χ0) is 19.9. The van der Waals surface area contributed by atoms with Crippen LogP contribution in [-0.4, -0.2) is 29.8 Å². The van der Waals surface area contributed by atoms with Crippen molar-refractivity contribution in [2.24, 2.45) is 0 Å². The molecule has 1 aromatic heterocycles. The van der Waals surface area contributed by atoms with Gasteiger partial charge in [0.1, 0.15) is 11.6 Å². The fourth-order valence-electron chi connectivity index (χ4n) is 2.77. The van der Waals surface area contributed by atoms with Crippen LogP contribution in [0.1, 0.15) is 27.2 Å². The van der Waals surface area contributed by atoms with E-state index in [0.29, 0.717) is 12.4 Å². The minimum absolute atomic E-state index is 0.274. The molecule has 0 fully saturated rings. The molecule has 0 saturated carbocycles. The smallest absolute Gasteiger partial charge is 0.276 e. The summed E-state index contributed by atoms with van der Waals surface area (Å²) in [5.41, 5.74) is 4.32. The number of amides is 1. The zero-order valence-corrected chi connectivity index (χ0v) is 16.3. The minimum Gasteiger partial charge on any atom is -0.497 e. The number of hydrogen-bond donors (Lipinski definition) is 2. The minimum atomic E-state index is -0.274. The summed E-state index contributed by atoms with van der Waals surface area (Å²) >= 11 is 0. The Hall–Kier alpha value is -3.41. The number of aryl methyl sites for hydroxylation is 2. The van der Waals surface area contributed by atoms with Crippen molar-refractivity contribution in [1.82, 2.24) is 10.2 Å². The van der Waals surface area contributed by atoms with Crippen molar-refractivity contribution in [3.63, 3.8) is 0 Å². The highest BCUT2D eigenvalue weighted by molar-refractivity contribution is 6.03. The lowest BCUT2D eigenvalue weighted by Gasteiger charge is -2.09. The number of rotatable bonds is 7. The van der Waals surface area contributed by atoms with Crippen molar-refractivity contribution in [2.75, 3.05) is 24.3 Å². The van der Waals surface area contributed by atoms with Gasteiger partial charge >= 0.3 is 0 Å². The van der Waals surface area contributed by atoms with Crippen LogP contribution < -0.4 is 15.4 Å². The predicted octanol–water partition coefficient (Wildman–Crippen LogP) is 4.01. The Morgan fingerprint density at radius 1 is 1.04 bits per heavy atom. The Morgan fingerprint density at radius 3 is 2.64 bits per heavy atom. The Labute approximate surface area is 165 Å². The number of aromatic nitrogens is 2. The van der Waals surface area contributed by atoms with Gasteiger partial charge in [-0.3, -0.25) is 4.79 Å². The van der Waals surface area contributed by atoms with Gasteiger partial charge in [-0.1, -0.05) is 24.3 Å². The van der Waals surface area contributed by atoms with Gasteiger partial charge in [0, 0.05) is 12.2 Å². The van der Waals surface area contributed by atoms with Crippen molar-refractivity contribution in [3.05, 3.63) is 77.0 Å². The van der Waals surface area contributed by atoms with Crippen LogP contribution in [0.2, 0.25) is 0 Å². The third kappa shape index (κ3) is 5.07. The van der Waals surface area contributed by atoms with Crippen LogP contribution in [-0.2, 0) is 6.42 Å². The van der Waals surface area contributed by atoms with Crippen LogP contribution in [0.4, 0.5) is 11.5 Å². The molecule has 0 bridgehead atoms. The highest BCUT2D eigenvalue weighted by atomic mass is 16.5. The fourth-order valence-corrected chi connectivity index (χ4v) is 2.77. The summed E-state index contributed by atoms with van der Waals surface area (Å²) in [7, 11) is 1.66. The normalized spacial score (nSPS) is 10.4. The van der Waals surface area contributed by atoms with E-state index < -0.39 is 0 Å². The Morgan fingerprint density at radius 2 is 1.89 bits per heavy atom. The summed E-state index contributed by atoms with van der Waals surface area (Å²) in [5.74, 6) is 1.20. The number of methoxy groups -OCH3 is 1. The van der Waals surface area contributed by atoms with Crippen molar-refractivity contribution < 1.29 is 9.53 Å². The van der Waals surface area contributed by atoms with Gasteiger partial charge in [-0.2, -0.15) is 0 Å². The average Bonchev–Trinajstić information content (AvgIpc) is 2.71. The van der Waals surface area contributed by atoms with Gasteiger partial charge in [-0.25, -0.2) is 0 Å².